The second kappa shape index (κ2) is 8.47. The van der Waals surface area contributed by atoms with E-state index in [-0.39, 0.29) is 18.4 Å². The maximum absolute atomic E-state index is 13.4. The highest BCUT2D eigenvalue weighted by Gasteiger charge is 2.41. The number of carbonyl (C=O) groups is 2. The van der Waals surface area contributed by atoms with Gasteiger partial charge in [-0.2, -0.15) is 15.0 Å². The lowest BCUT2D eigenvalue weighted by Crippen LogP contribution is -2.57. The Balaban J connectivity index is 1.31. The van der Waals surface area contributed by atoms with Crippen LogP contribution in [0.2, 0.25) is 0 Å². The first kappa shape index (κ1) is 21.9. The van der Waals surface area contributed by atoms with Crippen LogP contribution < -0.4 is 16.0 Å². The molecule has 1 fully saturated rings. The fourth-order valence-electron chi connectivity index (χ4n) is 4.42. The third-order valence-corrected chi connectivity index (χ3v) is 6.44. The van der Waals surface area contributed by atoms with E-state index in [4.69, 9.17) is 5.73 Å². The molecule has 2 atom stereocenters. The predicted octanol–water partition coefficient (Wildman–Crippen LogP) is -0.392. The van der Waals surface area contributed by atoms with Crippen molar-refractivity contribution in [3.05, 3.63) is 54.1 Å². The zero-order valence-electron chi connectivity index (χ0n) is 18.6. The van der Waals surface area contributed by atoms with Crippen LogP contribution >= 0.6 is 0 Å². The minimum absolute atomic E-state index is 0.104. The van der Waals surface area contributed by atoms with Gasteiger partial charge in [0.1, 0.15) is 18.0 Å². The standard InChI is InChI=1S/C22H25N9O3/c1-14-17-18(28-20(14)32)24-13-25-19(17)29-8-10-30(11-9-29)21(33)22(34,12-23)15-2-4-16(5-3-15)31-26-6-7-27-31/h2-7,13-14,34H,8-12,23H2,1H3,(H,24,25,28,32)/t14?,22-/m0/s1. The number of fused-ring (bicyclic) bond motifs is 1. The summed E-state index contributed by atoms with van der Waals surface area (Å²) in [6, 6.07) is 6.78. The van der Waals surface area contributed by atoms with Crippen molar-refractivity contribution in [3.63, 3.8) is 0 Å². The normalized spacial score (nSPS) is 19.5. The average molecular weight is 464 g/mol. The number of piperazine rings is 1. The van der Waals surface area contributed by atoms with Crippen LogP contribution in [0.3, 0.4) is 0 Å². The highest BCUT2D eigenvalue weighted by atomic mass is 16.3. The van der Waals surface area contributed by atoms with Gasteiger partial charge in [-0.05, 0) is 24.6 Å². The average Bonchev–Trinajstić information content (AvgIpc) is 3.52. The monoisotopic (exact) mass is 463 g/mol. The number of amides is 2. The molecule has 1 saturated heterocycles. The number of hydrogen-bond donors (Lipinski definition) is 3. The lowest BCUT2D eigenvalue weighted by molar-refractivity contribution is -0.151. The molecule has 0 saturated carbocycles. The van der Waals surface area contributed by atoms with Gasteiger partial charge in [0, 0.05) is 38.3 Å². The number of aromatic nitrogens is 5. The first-order chi connectivity index (χ1) is 16.4. The van der Waals surface area contributed by atoms with E-state index >= 15 is 0 Å². The fraction of sp³-hybridized carbons (Fsp3) is 0.364. The second-order valence-electron chi connectivity index (χ2n) is 8.38. The van der Waals surface area contributed by atoms with Crippen LogP contribution in [-0.4, -0.2) is 79.5 Å². The Bertz CT molecular complexity index is 1210. The summed E-state index contributed by atoms with van der Waals surface area (Å²) in [5.74, 6) is 0.339. The number of benzene rings is 1. The van der Waals surface area contributed by atoms with E-state index < -0.39 is 11.5 Å². The molecule has 12 nitrogen and oxygen atoms in total. The lowest BCUT2D eigenvalue weighted by Gasteiger charge is -2.39. The van der Waals surface area contributed by atoms with Crippen LogP contribution in [0.25, 0.3) is 5.69 Å². The third-order valence-electron chi connectivity index (χ3n) is 6.44. The summed E-state index contributed by atoms with van der Waals surface area (Å²) >= 11 is 0. The molecule has 4 heterocycles. The first-order valence-corrected chi connectivity index (χ1v) is 11.0. The number of nitrogens with one attached hydrogen (secondary N) is 1. The van der Waals surface area contributed by atoms with Crippen molar-refractivity contribution in [1.82, 2.24) is 29.9 Å². The summed E-state index contributed by atoms with van der Waals surface area (Å²) in [7, 11) is 0. The predicted molar refractivity (Wildman–Crippen MR) is 122 cm³/mol. The molecule has 2 aliphatic rings. The first-order valence-electron chi connectivity index (χ1n) is 11.0. The van der Waals surface area contributed by atoms with Crippen LogP contribution in [0, 0.1) is 0 Å². The molecule has 5 rings (SSSR count). The summed E-state index contributed by atoms with van der Waals surface area (Å²) in [6.07, 6.45) is 4.57. The summed E-state index contributed by atoms with van der Waals surface area (Å²) < 4.78 is 0. The van der Waals surface area contributed by atoms with Crippen molar-refractivity contribution in [1.29, 1.82) is 0 Å². The van der Waals surface area contributed by atoms with Crippen molar-refractivity contribution in [2.75, 3.05) is 42.9 Å². The highest BCUT2D eigenvalue weighted by molar-refractivity contribution is 6.03. The Hall–Kier alpha value is -3.90. The van der Waals surface area contributed by atoms with E-state index in [1.54, 1.807) is 41.6 Å². The van der Waals surface area contributed by atoms with Gasteiger partial charge in [0.15, 0.2) is 5.60 Å². The number of nitrogens with zero attached hydrogens (tertiary/aromatic N) is 7. The SMILES string of the molecule is CC1C(=O)Nc2ncnc(N3CCN(C(=O)[C@](O)(CN)c4ccc(-n5nccn5)cc4)CC3)c21. The van der Waals surface area contributed by atoms with Crippen molar-refractivity contribution >= 4 is 23.5 Å². The Morgan fingerprint density at radius 1 is 1.15 bits per heavy atom. The summed E-state index contributed by atoms with van der Waals surface area (Å²) in [5, 5.41) is 22.2. The second-order valence-corrected chi connectivity index (χ2v) is 8.38. The summed E-state index contributed by atoms with van der Waals surface area (Å²) in [6.45, 7) is 3.33. The largest absolute Gasteiger partial charge is 0.374 e. The number of aliphatic hydroxyl groups is 1. The molecular weight excluding hydrogens is 438 g/mol. The number of carbonyl (C=O) groups excluding carboxylic acids is 2. The van der Waals surface area contributed by atoms with Gasteiger partial charge in [-0.15, -0.1) is 0 Å². The number of rotatable bonds is 5. The Morgan fingerprint density at radius 3 is 2.47 bits per heavy atom. The quantitative estimate of drug-likeness (QED) is 0.458. The van der Waals surface area contributed by atoms with E-state index in [1.807, 2.05) is 11.8 Å². The third kappa shape index (κ3) is 3.56. The molecule has 2 aliphatic heterocycles. The van der Waals surface area contributed by atoms with E-state index in [0.29, 0.717) is 49.1 Å². The van der Waals surface area contributed by atoms with E-state index in [2.05, 4.69) is 25.5 Å². The van der Waals surface area contributed by atoms with Gasteiger partial charge >= 0.3 is 0 Å². The van der Waals surface area contributed by atoms with Crippen LogP contribution in [0.4, 0.5) is 11.6 Å². The van der Waals surface area contributed by atoms with E-state index in [0.717, 1.165) is 5.56 Å². The van der Waals surface area contributed by atoms with Crippen LogP contribution in [0.1, 0.15) is 24.0 Å². The zero-order chi connectivity index (χ0) is 23.9. The minimum atomic E-state index is -1.85. The molecule has 4 N–H and O–H groups in total. The topological polar surface area (TPSA) is 155 Å². The Morgan fingerprint density at radius 2 is 1.82 bits per heavy atom. The molecule has 12 heteroatoms. The molecule has 1 aromatic carbocycles. The zero-order valence-corrected chi connectivity index (χ0v) is 18.6. The van der Waals surface area contributed by atoms with Gasteiger partial charge < -0.3 is 26.0 Å². The lowest BCUT2D eigenvalue weighted by atomic mass is 9.91. The van der Waals surface area contributed by atoms with Gasteiger partial charge in [0.05, 0.1) is 24.0 Å². The van der Waals surface area contributed by atoms with Crippen molar-refractivity contribution in [2.24, 2.45) is 5.73 Å². The molecule has 2 amide bonds. The van der Waals surface area contributed by atoms with Crippen LogP contribution in [-0.2, 0) is 15.2 Å². The molecular formula is C22H25N9O3. The smallest absolute Gasteiger partial charge is 0.260 e. The van der Waals surface area contributed by atoms with Gasteiger partial charge in [-0.3, -0.25) is 9.59 Å². The molecule has 0 bridgehead atoms. The summed E-state index contributed by atoms with van der Waals surface area (Å²) in [5.41, 5.74) is 5.93. The highest BCUT2D eigenvalue weighted by Crippen LogP contribution is 2.37. The van der Waals surface area contributed by atoms with Crippen LogP contribution in [0.5, 0.6) is 0 Å². The molecule has 176 valence electrons. The molecule has 2 aromatic heterocycles. The van der Waals surface area contributed by atoms with Gasteiger partial charge in [-0.1, -0.05) is 12.1 Å². The van der Waals surface area contributed by atoms with Crippen LogP contribution in [0.15, 0.2) is 43.0 Å². The van der Waals surface area contributed by atoms with Gasteiger partial charge in [-0.25, -0.2) is 9.97 Å². The maximum Gasteiger partial charge on any atom is 0.260 e. The van der Waals surface area contributed by atoms with Crippen molar-refractivity contribution in [2.45, 2.75) is 18.4 Å². The molecule has 34 heavy (non-hydrogen) atoms. The molecule has 1 unspecified atom stereocenters. The maximum atomic E-state index is 13.4. The number of nitrogens with two attached hydrogens (primary N) is 1. The number of anilines is 2. The number of hydrogen-bond acceptors (Lipinski definition) is 9. The molecule has 3 aromatic rings. The van der Waals surface area contributed by atoms with Gasteiger partial charge in [0.2, 0.25) is 5.91 Å². The minimum Gasteiger partial charge on any atom is -0.374 e. The van der Waals surface area contributed by atoms with E-state index in [1.165, 1.54) is 11.1 Å². The Labute approximate surface area is 195 Å². The molecule has 0 aliphatic carbocycles. The van der Waals surface area contributed by atoms with E-state index in [9.17, 15) is 14.7 Å². The fourth-order valence-corrected chi connectivity index (χ4v) is 4.42. The molecule has 0 radical (unpaired) electrons. The van der Waals surface area contributed by atoms with Crippen molar-refractivity contribution in [3.8, 4) is 5.69 Å². The van der Waals surface area contributed by atoms with Gasteiger partial charge in [0.25, 0.3) is 5.91 Å². The molecule has 0 spiro atoms. The van der Waals surface area contributed by atoms with Crippen molar-refractivity contribution < 1.29 is 14.7 Å². The Kier molecular flexibility index (Phi) is 5.46. The summed E-state index contributed by atoms with van der Waals surface area (Å²) in [4.78, 5) is 39.1.